The Hall–Kier alpha value is -1.59. The number of benzene rings is 1. The van der Waals surface area contributed by atoms with Crippen LogP contribution in [0.1, 0.15) is 37.7 Å². The van der Waals surface area contributed by atoms with E-state index in [1.807, 2.05) is 7.11 Å². The number of ether oxygens (including phenoxy) is 2. The van der Waals surface area contributed by atoms with Gasteiger partial charge in [-0.1, -0.05) is 18.2 Å². The molecule has 3 heterocycles. The van der Waals surface area contributed by atoms with Gasteiger partial charge in [0, 0.05) is 43.3 Å². The number of methoxy groups -OCH3 is 2. The number of para-hydroxylation sites is 1. The first-order valence-corrected chi connectivity index (χ1v) is 10.7. The number of fused-ring (bicyclic) bond motifs is 3. The topological polar surface area (TPSA) is 42.0 Å². The number of esters is 1. The fourth-order valence-corrected chi connectivity index (χ4v) is 8.86. The molecule has 6 atom stereocenters. The lowest BCUT2D eigenvalue weighted by molar-refractivity contribution is -0.205. The van der Waals surface area contributed by atoms with Gasteiger partial charge in [0.15, 0.2) is 0 Å². The second kappa shape index (κ2) is 5.31. The zero-order chi connectivity index (χ0) is 19.3. The molecule has 3 spiro atoms. The second-order valence-electron chi connectivity index (χ2n) is 9.69. The van der Waals surface area contributed by atoms with Crippen molar-refractivity contribution in [3.8, 4) is 0 Å². The quantitative estimate of drug-likeness (QED) is 0.736. The Bertz CT molecular complexity index is 858. The zero-order valence-electron chi connectivity index (χ0n) is 17.1. The number of hydrogen-bond donors (Lipinski definition) is 0. The fourth-order valence-electron chi connectivity index (χ4n) is 8.86. The summed E-state index contributed by atoms with van der Waals surface area (Å²) in [4.78, 5) is 18.4. The van der Waals surface area contributed by atoms with Crippen molar-refractivity contribution in [1.29, 1.82) is 0 Å². The van der Waals surface area contributed by atoms with E-state index in [1.165, 1.54) is 11.3 Å². The highest BCUT2D eigenvalue weighted by atomic mass is 16.5. The summed E-state index contributed by atoms with van der Waals surface area (Å²) in [5.74, 6) is -0.133. The molecular weight excluding hydrogens is 352 g/mol. The summed E-state index contributed by atoms with van der Waals surface area (Å²) in [5, 5.41) is 0. The third kappa shape index (κ3) is 1.53. The first kappa shape index (κ1) is 17.3. The molecule has 5 fully saturated rings. The van der Waals surface area contributed by atoms with E-state index in [0.29, 0.717) is 6.04 Å². The van der Waals surface area contributed by atoms with Crippen LogP contribution in [0.4, 0.5) is 5.69 Å². The van der Waals surface area contributed by atoms with Gasteiger partial charge in [-0.15, -0.1) is 0 Å². The summed E-state index contributed by atoms with van der Waals surface area (Å²) in [6, 6.07) is 9.37. The highest BCUT2D eigenvalue weighted by Crippen LogP contribution is 2.75. The van der Waals surface area contributed by atoms with Crippen molar-refractivity contribution in [2.24, 2.45) is 11.3 Å². The first-order valence-electron chi connectivity index (χ1n) is 10.7. The van der Waals surface area contributed by atoms with Gasteiger partial charge in [0.05, 0.1) is 24.7 Å². The number of nitrogens with zero attached hydrogens (tertiary/aromatic N) is 2. The maximum Gasteiger partial charge on any atom is 0.311 e. The van der Waals surface area contributed by atoms with Gasteiger partial charge in [-0.25, -0.2) is 0 Å². The SMILES string of the molecule is COC(=O)[C@@H]1C[C@]23CC[C@@]14N(C)c1ccccc1[C@@]41CCN(CC[C@H]2OC)[C@@H]31. The third-order valence-electron chi connectivity index (χ3n) is 9.51. The molecule has 0 aromatic heterocycles. The standard InChI is InChI=1S/C23H30N2O3/c1-24-17-7-5-4-6-15(17)22-11-13-25-12-8-18(27-2)21(20(22)25)9-10-23(22,24)16(14-21)19(26)28-3/h4-7,16,18,20H,8-14H2,1-3H3/t16-,18+,20-,21+,22+,23+/m0/s1. The van der Waals surface area contributed by atoms with Crippen molar-refractivity contribution in [1.82, 2.24) is 4.90 Å². The van der Waals surface area contributed by atoms with Crippen LogP contribution in [-0.4, -0.2) is 62.9 Å². The highest BCUT2D eigenvalue weighted by molar-refractivity contribution is 5.81. The van der Waals surface area contributed by atoms with Crippen LogP contribution < -0.4 is 4.90 Å². The fraction of sp³-hybridized carbons (Fsp3) is 0.696. The van der Waals surface area contributed by atoms with Crippen LogP contribution in [-0.2, 0) is 19.7 Å². The van der Waals surface area contributed by atoms with Crippen LogP contribution in [0, 0.1) is 11.3 Å². The van der Waals surface area contributed by atoms with Gasteiger partial charge in [0.1, 0.15) is 0 Å². The number of anilines is 1. The predicted molar refractivity (Wildman–Crippen MR) is 106 cm³/mol. The number of carbonyl (C=O) groups excluding carboxylic acids is 1. The summed E-state index contributed by atoms with van der Waals surface area (Å²) in [7, 11) is 5.65. The lowest BCUT2D eigenvalue weighted by atomic mass is 9.38. The molecule has 5 heteroatoms. The van der Waals surface area contributed by atoms with Gasteiger partial charge < -0.3 is 14.4 Å². The van der Waals surface area contributed by atoms with E-state index in [2.05, 4.69) is 41.1 Å². The van der Waals surface area contributed by atoms with E-state index in [1.54, 1.807) is 7.11 Å². The average molecular weight is 383 g/mol. The zero-order valence-corrected chi connectivity index (χ0v) is 17.1. The van der Waals surface area contributed by atoms with Gasteiger partial charge in [-0.05, 0) is 50.3 Å². The molecule has 1 aromatic rings. The predicted octanol–water partition coefficient (Wildman–Crippen LogP) is 2.58. The Morgan fingerprint density at radius 3 is 2.75 bits per heavy atom. The Kier molecular flexibility index (Phi) is 3.28. The van der Waals surface area contributed by atoms with E-state index < -0.39 is 0 Å². The van der Waals surface area contributed by atoms with E-state index in [0.717, 1.165) is 45.2 Å². The third-order valence-corrected chi connectivity index (χ3v) is 9.51. The van der Waals surface area contributed by atoms with Crippen molar-refractivity contribution in [2.75, 3.05) is 39.3 Å². The van der Waals surface area contributed by atoms with Crippen LogP contribution in [0.2, 0.25) is 0 Å². The van der Waals surface area contributed by atoms with Gasteiger partial charge >= 0.3 is 5.97 Å². The molecule has 7 rings (SSSR count). The molecule has 3 aliphatic carbocycles. The highest BCUT2D eigenvalue weighted by Gasteiger charge is 2.81. The van der Waals surface area contributed by atoms with Crippen LogP contribution in [0.3, 0.4) is 0 Å². The lowest BCUT2D eigenvalue weighted by Crippen LogP contribution is -2.80. The number of carbonyl (C=O) groups is 1. The largest absolute Gasteiger partial charge is 0.469 e. The van der Waals surface area contributed by atoms with E-state index in [4.69, 9.17) is 9.47 Å². The molecule has 1 aromatic carbocycles. The molecule has 150 valence electrons. The summed E-state index contributed by atoms with van der Waals surface area (Å²) in [5.41, 5.74) is 2.63. The summed E-state index contributed by atoms with van der Waals surface area (Å²) in [6.45, 7) is 2.23. The van der Waals surface area contributed by atoms with Gasteiger partial charge in [-0.2, -0.15) is 0 Å². The summed E-state index contributed by atoms with van der Waals surface area (Å²) in [6.07, 6.45) is 5.50. The summed E-state index contributed by atoms with van der Waals surface area (Å²) >= 11 is 0. The van der Waals surface area contributed by atoms with Crippen molar-refractivity contribution in [3.05, 3.63) is 29.8 Å². The minimum absolute atomic E-state index is 0.00903. The smallest absolute Gasteiger partial charge is 0.311 e. The van der Waals surface area contributed by atoms with E-state index in [9.17, 15) is 4.79 Å². The maximum atomic E-state index is 13.2. The molecule has 28 heavy (non-hydrogen) atoms. The molecule has 0 N–H and O–H groups in total. The van der Waals surface area contributed by atoms with Crippen LogP contribution in [0.5, 0.6) is 0 Å². The Balaban J connectivity index is 1.67. The van der Waals surface area contributed by atoms with Crippen molar-refractivity contribution < 1.29 is 14.3 Å². The minimum Gasteiger partial charge on any atom is -0.469 e. The maximum absolute atomic E-state index is 13.2. The van der Waals surface area contributed by atoms with Gasteiger partial charge in [-0.3, -0.25) is 9.69 Å². The van der Waals surface area contributed by atoms with Crippen molar-refractivity contribution in [2.45, 2.75) is 55.2 Å². The van der Waals surface area contributed by atoms with Gasteiger partial charge in [0.2, 0.25) is 0 Å². The second-order valence-corrected chi connectivity index (χ2v) is 9.69. The summed E-state index contributed by atoms with van der Waals surface area (Å²) < 4.78 is 11.6. The lowest BCUT2D eigenvalue weighted by Gasteiger charge is -2.71. The molecule has 3 saturated carbocycles. The molecule has 5 nitrogen and oxygen atoms in total. The molecule has 0 amide bonds. The van der Waals surface area contributed by atoms with E-state index in [-0.39, 0.29) is 34.4 Å². The van der Waals surface area contributed by atoms with Crippen molar-refractivity contribution in [3.63, 3.8) is 0 Å². The van der Waals surface area contributed by atoms with Crippen LogP contribution in [0.15, 0.2) is 24.3 Å². The first-order chi connectivity index (χ1) is 13.6. The number of hydrogen-bond acceptors (Lipinski definition) is 5. The molecule has 6 aliphatic rings. The molecule has 3 aliphatic heterocycles. The number of rotatable bonds is 2. The van der Waals surface area contributed by atoms with E-state index >= 15 is 0 Å². The molecule has 0 unspecified atom stereocenters. The molecule has 2 saturated heterocycles. The van der Waals surface area contributed by atoms with Crippen LogP contribution in [0.25, 0.3) is 0 Å². The monoisotopic (exact) mass is 382 g/mol. The Morgan fingerprint density at radius 2 is 1.96 bits per heavy atom. The molecule has 2 bridgehead atoms. The molecular formula is C23H30N2O3. The average Bonchev–Trinajstić information content (AvgIpc) is 3.25. The Morgan fingerprint density at radius 1 is 1.14 bits per heavy atom. The molecule has 0 radical (unpaired) electrons. The van der Waals surface area contributed by atoms with Gasteiger partial charge in [0.25, 0.3) is 0 Å². The van der Waals surface area contributed by atoms with Crippen LogP contribution >= 0.6 is 0 Å². The normalized spacial score (nSPS) is 45.5. The minimum atomic E-state index is -0.180. The number of likely N-dealkylation sites (N-methyl/N-ethyl adjacent to an activating group) is 1. The Labute approximate surface area is 167 Å². The van der Waals surface area contributed by atoms with Crippen molar-refractivity contribution >= 4 is 11.7 Å². The number of piperidine rings is 1.